The summed E-state index contributed by atoms with van der Waals surface area (Å²) in [6, 6.07) is 17.8. The van der Waals surface area contributed by atoms with Gasteiger partial charge in [-0.2, -0.15) is 0 Å². The fourth-order valence-corrected chi connectivity index (χ4v) is 4.72. The largest absolute Gasteiger partial charge is 0.366 e. The molecular weight excluding hydrogens is 453 g/mol. The Morgan fingerprint density at radius 1 is 1.11 bits per heavy atom. The maximum atomic E-state index is 14.3. The minimum absolute atomic E-state index is 0.0771. The number of hydrogen-bond donors (Lipinski definition) is 1. The van der Waals surface area contributed by atoms with Crippen LogP contribution in [-0.2, 0) is 23.3 Å². The van der Waals surface area contributed by atoms with Gasteiger partial charge in [0.25, 0.3) is 5.91 Å². The zero-order valence-electron chi connectivity index (χ0n) is 20.8. The molecular formula is C30H32FN3O2. The van der Waals surface area contributed by atoms with Crippen LogP contribution in [0.2, 0.25) is 0 Å². The predicted molar refractivity (Wildman–Crippen MR) is 140 cm³/mol. The number of carbonyl (C=O) groups excluding carboxylic acids is 2. The van der Waals surface area contributed by atoms with Crippen molar-refractivity contribution in [1.29, 1.82) is 0 Å². The third-order valence-corrected chi connectivity index (χ3v) is 6.81. The van der Waals surface area contributed by atoms with Gasteiger partial charge >= 0.3 is 0 Å². The highest BCUT2D eigenvalue weighted by atomic mass is 19.1. The molecule has 0 bridgehead atoms. The molecule has 0 saturated carbocycles. The van der Waals surface area contributed by atoms with E-state index >= 15 is 0 Å². The van der Waals surface area contributed by atoms with Gasteiger partial charge in [0.05, 0.1) is 5.56 Å². The molecule has 2 heterocycles. The van der Waals surface area contributed by atoms with Gasteiger partial charge in [-0.15, -0.1) is 0 Å². The molecule has 36 heavy (non-hydrogen) atoms. The Balaban J connectivity index is 1.50. The van der Waals surface area contributed by atoms with Crippen molar-refractivity contribution >= 4 is 11.8 Å². The lowest BCUT2D eigenvalue weighted by molar-refractivity contribution is -0.125. The molecule has 5 nitrogen and oxygen atoms in total. The Morgan fingerprint density at radius 2 is 1.81 bits per heavy atom. The Labute approximate surface area is 211 Å². The highest BCUT2D eigenvalue weighted by molar-refractivity contribution is 5.94. The van der Waals surface area contributed by atoms with Crippen molar-refractivity contribution in [1.82, 2.24) is 9.88 Å². The standard InChI is InChI=1S/C30H32FN3O2/c1-4-28(35)34-13-12-23(19-34)27-17-24(26(18-33-27)29(32)36)15-21-10-8-20(9-11-21)14-22-6-5-7-25(16-22)30(2,3)31/h4-11,16-18,23H,1,12-15,19H2,2-3H3,(H2,32,36). The first kappa shape index (κ1) is 25.3. The number of rotatable bonds is 8. The van der Waals surface area contributed by atoms with Gasteiger partial charge in [-0.3, -0.25) is 14.6 Å². The van der Waals surface area contributed by atoms with Crippen molar-refractivity contribution in [2.24, 2.45) is 5.73 Å². The number of carbonyl (C=O) groups is 2. The first-order valence-corrected chi connectivity index (χ1v) is 12.2. The van der Waals surface area contributed by atoms with E-state index in [0.29, 0.717) is 37.1 Å². The summed E-state index contributed by atoms with van der Waals surface area (Å²) in [6.45, 7) is 7.94. The van der Waals surface area contributed by atoms with Gasteiger partial charge in [0.2, 0.25) is 5.91 Å². The van der Waals surface area contributed by atoms with Gasteiger partial charge in [0, 0.05) is 30.9 Å². The van der Waals surface area contributed by atoms with Gasteiger partial charge in [0.1, 0.15) is 5.67 Å². The van der Waals surface area contributed by atoms with Gasteiger partial charge in [0.15, 0.2) is 0 Å². The second-order valence-electron chi connectivity index (χ2n) is 9.95. The molecule has 0 radical (unpaired) electrons. The van der Waals surface area contributed by atoms with E-state index in [9.17, 15) is 14.0 Å². The highest BCUT2D eigenvalue weighted by Gasteiger charge is 2.27. The molecule has 1 aromatic heterocycles. The first-order chi connectivity index (χ1) is 17.1. The summed E-state index contributed by atoms with van der Waals surface area (Å²) in [5, 5.41) is 0. The SMILES string of the molecule is C=CC(=O)N1CCC(c2cc(Cc3ccc(Cc4cccc(C(C)(C)F)c4)cc3)c(C(N)=O)cn2)C1. The molecule has 1 aliphatic rings. The van der Waals surface area contributed by atoms with Gasteiger partial charge in [-0.05, 0) is 73.1 Å². The number of nitrogens with two attached hydrogens (primary N) is 1. The monoisotopic (exact) mass is 485 g/mol. The lowest BCUT2D eigenvalue weighted by Crippen LogP contribution is -2.26. The molecule has 1 fully saturated rings. The smallest absolute Gasteiger partial charge is 0.250 e. The van der Waals surface area contributed by atoms with Gasteiger partial charge < -0.3 is 10.6 Å². The van der Waals surface area contributed by atoms with Crippen molar-refractivity contribution < 1.29 is 14.0 Å². The summed E-state index contributed by atoms with van der Waals surface area (Å²) < 4.78 is 14.3. The normalized spacial score (nSPS) is 15.6. The molecule has 1 aliphatic heterocycles. The van der Waals surface area contributed by atoms with E-state index in [2.05, 4.69) is 23.7 Å². The van der Waals surface area contributed by atoms with Crippen molar-refractivity contribution in [3.05, 3.63) is 113 Å². The summed E-state index contributed by atoms with van der Waals surface area (Å²) >= 11 is 0. The van der Waals surface area contributed by atoms with E-state index in [4.69, 9.17) is 5.73 Å². The zero-order valence-corrected chi connectivity index (χ0v) is 20.8. The molecule has 186 valence electrons. The second kappa shape index (κ2) is 10.4. The third kappa shape index (κ3) is 5.88. The number of amides is 2. The summed E-state index contributed by atoms with van der Waals surface area (Å²) in [6.07, 6.45) is 4.95. The number of benzene rings is 2. The lowest BCUT2D eigenvalue weighted by atomic mass is 9.94. The predicted octanol–water partition coefficient (Wildman–Crippen LogP) is 5.07. The van der Waals surface area contributed by atoms with Gasteiger partial charge in [-0.1, -0.05) is 55.1 Å². The second-order valence-corrected chi connectivity index (χ2v) is 9.95. The Hall–Kier alpha value is -3.80. The first-order valence-electron chi connectivity index (χ1n) is 12.2. The molecule has 1 saturated heterocycles. The number of nitrogens with zero attached hydrogens (tertiary/aromatic N) is 2. The summed E-state index contributed by atoms with van der Waals surface area (Å²) in [4.78, 5) is 30.3. The number of primary amides is 1. The fourth-order valence-electron chi connectivity index (χ4n) is 4.72. The molecule has 2 aromatic carbocycles. The van der Waals surface area contributed by atoms with E-state index < -0.39 is 11.6 Å². The van der Waals surface area contributed by atoms with E-state index in [1.165, 1.54) is 6.08 Å². The molecule has 2 N–H and O–H groups in total. The van der Waals surface area contributed by atoms with Crippen LogP contribution in [0.25, 0.3) is 0 Å². The van der Waals surface area contributed by atoms with Crippen LogP contribution in [0.1, 0.15) is 70.1 Å². The maximum Gasteiger partial charge on any atom is 0.250 e. The van der Waals surface area contributed by atoms with E-state index in [1.54, 1.807) is 24.9 Å². The fraction of sp³-hybridized carbons (Fsp3) is 0.300. The number of likely N-dealkylation sites (tertiary alicyclic amines) is 1. The van der Waals surface area contributed by atoms with E-state index in [1.807, 2.05) is 42.5 Å². The quantitative estimate of drug-likeness (QED) is 0.453. The van der Waals surface area contributed by atoms with Crippen LogP contribution in [0.5, 0.6) is 0 Å². The topological polar surface area (TPSA) is 76.3 Å². The number of alkyl halides is 1. The maximum absolute atomic E-state index is 14.3. The summed E-state index contributed by atoms with van der Waals surface area (Å²) in [5.74, 6) is -0.472. The molecule has 0 aliphatic carbocycles. The van der Waals surface area contributed by atoms with Crippen molar-refractivity contribution in [2.75, 3.05) is 13.1 Å². The number of aromatic nitrogens is 1. The van der Waals surface area contributed by atoms with E-state index in [0.717, 1.165) is 34.4 Å². The average molecular weight is 486 g/mol. The lowest BCUT2D eigenvalue weighted by Gasteiger charge is -2.16. The summed E-state index contributed by atoms with van der Waals surface area (Å²) in [7, 11) is 0. The average Bonchev–Trinajstić information content (AvgIpc) is 3.35. The number of hydrogen-bond acceptors (Lipinski definition) is 3. The Morgan fingerprint density at radius 3 is 2.44 bits per heavy atom. The molecule has 1 atom stereocenters. The van der Waals surface area contributed by atoms with Crippen LogP contribution >= 0.6 is 0 Å². The van der Waals surface area contributed by atoms with Crippen molar-refractivity contribution in [2.45, 2.75) is 44.7 Å². The Bertz CT molecular complexity index is 1280. The van der Waals surface area contributed by atoms with Crippen LogP contribution in [0, 0.1) is 0 Å². The van der Waals surface area contributed by atoms with Crippen LogP contribution < -0.4 is 5.73 Å². The minimum atomic E-state index is -1.38. The zero-order chi connectivity index (χ0) is 25.9. The molecule has 4 rings (SSSR count). The molecule has 1 unspecified atom stereocenters. The number of pyridine rings is 1. The van der Waals surface area contributed by atoms with Crippen LogP contribution in [-0.4, -0.2) is 34.8 Å². The molecule has 3 aromatic rings. The third-order valence-electron chi connectivity index (χ3n) is 6.81. The molecule has 6 heteroatoms. The van der Waals surface area contributed by atoms with Crippen molar-refractivity contribution in [3.8, 4) is 0 Å². The highest BCUT2D eigenvalue weighted by Crippen LogP contribution is 2.29. The minimum Gasteiger partial charge on any atom is -0.366 e. The Kier molecular flexibility index (Phi) is 7.34. The molecule has 0 spiro atoms. The van der Waals surface area contributed by atoms with Crippen LogP contribution in [0.4, 0.5) is 4.39 Å². The molecule has 2 amide bonds. The number of halogens is 1. The van der Waals surface area contributed by atoms with E-state index in [-0.39, 0.29) is 11.8 Å². The van der Waals surface area contributed by atoms with Gasteiger partial charge in [-0.25, -0.2) is 4.39 Å². The van der Waals surface area contributed by atoms with Crippen molar-refractivity contribution in [3.63, 3.8) is 0 Å². The summed E-state index contributed by atoms with van der Waals surface area (Å²) in [5.41, 5.74) is 10.3. The van der Waals surface area contributed by atoms with Crippen LogP contribution in [0.15, 0.2) is 73.4 Å². The van der Waals surface area contributed by atoms with Crippen LogP contribution in [0.3, 0.4) is 0 Å².